The number of carbonyl (C=O) groups is 1. The molecule has 0 aromatic heterocycles. The van der Waals surface area contributed by atoms with Crippen LogP contribution in [0.4, 0.5) is 4.39 Å². The Hall–Kier alpha value is -2.21. The second-order valence-corrected chi connectivity index (χ2v) is 5.90. The first-order chi connectivity index (χ1) is 10.5. The first-order valence-corrected chi connectivity index (χ1v) is 8.00. The van der Waals surface area contributed by atoms with Crippen LogP contribution in [0.1, 0.15) is 15.9 Å². The molecule has 1 unspecified atom stereocenters. The molecule has 0 radical (unpaired) electrons. The van der Waals surface area contributed by atoms with Crippen LogP contribution in [-0.4, -0.2) is 23.5 Å². The molecule has 6 heteroatoms. The van der Waals surface area contributed by atoms with E-state index in [1.807, 2.05) is 0 Å². The van der Waals surface area contributed by atoms with Crippen molar-refractivity contribution in [2.75, 3.05) is 13.4 Å². The number of hydrogen-bond acceptors (Lipinski definition) is 4. The van der Waals surface area contributed by atoms with Crippen LogP contribution in [0.2, 0.25) is 0 Å². The zero-order valence-electron chi connectivity index (χ0n) is 12.2. The summed E-state index contributed by atoms with van der Waals surface area (Å²) in [4.78, 5) is 12.5. The standard InChI is InChI=1S/C16H15FO4S/c1-20-15-8-3-11(9-14(15)17)10-21-16(18)12-4-6-13(7-5-12)22(2)19/h3-9H,10H2,1-2H3. The fourth-order valence-electron chi connectivity index (χ4n) is 1.81. The van der Waals surface area contributed by atoms with Crippen LogP contribution < -0.4 is 4.74 Å². The largest absolute Gasteiger partial charge is 0.494 e. The SMILES string of the molecule is COc1ccc(COC(=O)c2ccc(S(C)=O)cc2)cc1F. The van der Waals surface area contributed by atoms with E-state index < -0.39 is 22.6 Å². The van der Waals surface area contributed by atoms with Crippen molar-refractivity contribution < 1.29 is 22.9 Å². The molecular formula is C16H15FO4S. The van der Waals surface area contributed by atoms with Gasteiger partial charge in [0.2, 0.25) is 0 Å². The Morgan fingerprint density at radius 1 is 1.18 bits per heavy atom. The molecule has 0 amide bonds. The van der Waals surface area contributed by atoms with Crippen molar-refractivity contribution in [2.45, 2.75) is 11.5 Å². The minimum Gasteiger partial charge on any atom is -0.494 e. The van der Waals surface area contributed by atoms with Gasteiger partial charge in [0, 0.05) is 22.0 Å². The minimum absolute atomic E-state index is 0.0405. The van der Waals surface area contributed by atoms with E-state index in [-0.39, 0.29) is 12.4 Å². The maximum absolute atomic E-state index is 13.5. The number of ether oxygens (including phenoxy) is 2. The maximum Gasteiger partial charge on any atom is 0.338 e. The summed E-state index contributed by atoms with van der Waals surface area (Å²) in [5.74, 6) is -0.895. The number of benzene rings is 2. The van der Waals surface area contributed by atoms with Crippen molar-refractivity contribution in [3.05, 3.63) is 59.4 Å². The number of halogens is 1. The summed E-state index contributed by atoms with van der Waals surface area (Å²) in [5, 5.41) is 0. The Morgan fingerprint density at radius 3 is 2.41 bits per heavy atom. The van der Waals surface area contributed by atoms with Gasteiger partial charge in [0.15, 0.2) is 11.6 Å². The van der Waals surface area contributed by atoms with Crippen molar-refractivity contribution >= 4 is 16.8 Å². The van der Waals surface area contributed by atoms with E-state index in [1.54, 1.807) is 36.6 Å². The molecule has 0 saturated carbocycles. The number of hydrogen-bond donors (Lipinski definition) is 0. The third kappa shape index (κ3) is 3.92. The van der Waals surface area contributed by atoms with Gasteiger partial charge in [-0.05, 0) is 42.0 Å². The van der Waals surface area contributed by atoms with Crippen molar-refractivity contribution in [3.63, 3.8) is 0 Å². The smallest absolute Gasteiger partial charge is 0.338 e. The van der Waals surface area contributed by atoms with Gasteiger partial charge in [0.1, 0.15) is 6.61 Å². The van der Waals surface area contributed by atoms with Crippen LogP contribution in [-0.2, 0) is 22.1 Å². The fraction of sp³-hybridized carbons (Fsp3) is 0.188. The van der Waals surface area contributed by atoms with Gasteiger partial charge in [-0.2, -0.15) is 0 Å². The van der Waals surface area contributed by atoms with Gasteiger partial charge in [0.25, 0.3) is 0 Å². The molecule has 0 aliphatic heterocycles. The first kappa shape index (κ1) is 16.2. The average Bonchev–Trinajstić information content (AvgIpc) is 2.52. The predicted octanol–water partition coefficient (Wildman–Crippen LogP) is 2.93. The number of carbonyl (C=O) groups excluding carboxylic acids is 1. The monoisotopic (exact) mass is 322 g/mol. The number of rotatable bonds is 5. The van der Waals surface area contributed by atoms with Gasteiger partial charge in [-0.25, -0.2) is 9.18 Å². The zero-order valence-corrected chi connectivity index (χ0v) is 13.0. The molecule has 2 aromatic carbocycles. The summed E-state index contributed by atoms with van der Waals surface area (Å²) in [6, 6.07) is 10.7. The fourth-order valence-corrected chi connectivity index (χ4v) is 2.33. The van der Waals surface area contributed by atoms with Crippen molar-refractivity contribution in [2.24, 2.45) is 0 Å². The Kier molecular flexibility index (Phi) is 5.27. The second-order valence-electron chi connectivity index (χ2n) is 4.52. The second kappa shape index (κ2) is 7.17. The molecule has 0 spiro atoms. The molecule has 2 aromatic rings. The third-order valence-corrected chi connectivity index (χ3v) is 3.94. The van der Waals surface area contributed by atoms with Crippen LogP contribution in [0.5, 0.6) is 5.75 Å². The topological polar surface area (TPSA) is 52.6 Å². The van der Waals surface area contributed by atoms with Crippen LogP contribution in [0.3, 0.4) is 0 Å². The molecule has 0 heterocycles. The third-order valence-electron chi connectivity index (χ3n) is 3.01. The zero-order chi connectivity index (χ0) is 16.1. The lowest BCUT2D eigenvalue weighted by molar-refractivity contribution is 0.0472. The van der Waals surface area contributed by atoms with Gasteiger partial charge < -0.3 is 9.47 Å². The molecule has 22 heavy (non-hydrogen) atoms. The summed E-state index contributed by atoms with van der Waals surface area (Å²) in [7, 11) is 0.285. The first-order valence-electron chi connectivity index (χ1n) is 6.44. The van der Waals surface area contributed by atoms with Crippen molar-refractivity contribution in [1.82, 2.24) is 0 Å². The van der Waals surface area contributed by atoms with Crippen molar-refractivity contribution in [3.8, 4) is 5.75 Å². The highest BCUT2D eigenvalue weighted by atomic mass is 32.2. The highest BCUT2D eigenvalue weighted by Gasteiger charge is 2.09. The van der Waals surface area contributed by atoms with Gasteiger partial charge >= 0.3 is 5.97 Å². The lowest BCUT2D eigenvalue weighted by atomic mass is 10.2. The van der Waals surface area contributed by atoms with Gasteiger partial charge in [-0.15, -0.1) is 0 Å². The van der Waals surface area contributed by atoms with Crippen LogP contribution in [0.25, 0.3) is 0 Å². The average molecular weight is 322 g/mol. The molecule has 0 fully saturated rings. The van der Waals surface area contributed by atoms with E-state index in [2.05, 4.69) is 0 Å². The minimum atomic E-state index is -1.10. The van der Waals surface area contributed by atoms with Gasteiger partial charge in [0.05, 0.1) is 12.7 Å². The quantitative estimate of drug-likeness (QED) is 0.794. The lowest BCUT2D eigenvalue weighted by Gasteiger charge is -2.07. The summed E-state index contributed by atoms with van der Waals surface area (Å²) in [5.41, 5.74) is 0.876. The molecular weight excluding hydrogens is 307 g/mol. The Bertz CT molecular complexity index is 698. The molecule has 0 aliphatic rings. The molecule has 0 saturated heterocycles. The van der Waals surface area contributed by atoms with E-state index in [0.717, 1.165) is 0 Å². The molecule has 2 rings (SSSR count). The number of methoxy groups -OCH3 is 1. The normalized spacial score (nSPS) is 11.8. The summed E-state index contributed by atoms with van der Waals surface area (Å²) < 4.78 is 34.7. The molecule has 0 aliphatic carbocycles. The van der Waals surface area contributed by atoms with Crippen molar-refractivity contribution in [1.29, 1.82) is 0 Å². The molecule has 4 nitrogen and oxygen atoms in total. The van der Waals surface area contributed by atoms with E-state index in [4.69, 9.17) is 9.47 Å². The highest BCUT2D eigenvalue weighted by molar-refractivity contribution is 7.84. The molecule has 1 atom stereocenters. The predicted molar refractivity (Wildman–Crippen MR) is 80.8 cm³/mol. The van der Waals surface area contributed by atoms with E-state index in [0.29, 0.717) is 16.0 Å². The summed E-state index contributed by atoms with van der Waals surface area (Å²) in [6.07, 6.45) is 1.56. The summed E-state index contributed by atoms with van der Waals surface area (Å²) in [6.45, 7) is -0.0405. The highest BCUT2D eigenvalue weighted by Crippen LogP contribution is 2.18. The van der Waals surface area contributed by atoms with Crippen LogP contribution in [0.15, 0.2) is 47.4 Å². The lowest BCUT2D eigenvalue weighted by Crippen LogP contribution is -2.05. The van der Waals surface area contributed by atoms with Crippen LogP contribution in [0, 0.1) is 5.82 Å². The number of esters is 1. The molecule has 0 N–H and O–H groups in total. The Balaban J connectivity index is 2.00. The molecule has 116 valence electrons. The van der Waals surface area contributed by atoms with Crippen LogP contribution >= 0.6 is 0 Å². The maximum atomic E-state index is 13.5. The molecule has 0 bridgehead atoms. The summed E-state index contributed by atoms with van der Waals surface area (Å²) >= 11 is 0. The van der Waals surface area contributed by atoms with Gasteiger partial charge in [-0.3, -0.25) is 4.21 Å². The Morgan fingerprint density at radius 2 is 1.86 bits per heavy atom. The van der Waals surface area contributed by atoms with Gasteiger partial charge in [-0.1, -0.05) is 6.07 Å². The van der Waals surface area contributed by atoms with E-state index in [9.17, 15) is 13.4 Å². The van der Waals surface area contributed by atoms with E-state index in [1.165, 1.54) is 19.2 Å². The Labute approximate surface area is 130 Å². The van der Waals surface area contributed by atoms with E-state index >= 15 is 0 Å².